The second-order valence-electron chi connectivity index (χ2n) is 4.86. The molecule has 2 nitrogen and oxygen atoms in total. The lowest BCUT2D eigenvalue weighted by Crippen LogP contribution is -2.07. The van der Waals surface area contributed by atoms with Gasteiger partial charge in [-0.15, -0.1) is 0 Å². The molecular formula is C17H17NO. The second-order valence-corrected chi connectivity index (χ2v) is 4.86. The first-order valence-corrected chi connectivity index (χ1v) is 6.59. The molecule has 0 aliphatic carbocycles. The molecule has 0 spiro atoms. The Balaban J connectivity index is 1.94. The van der Waals surface area contributed by atoms with Crippen LogP contribution in [0, 0.1) is 0 Å². The number of rotatable bonds is 4. The summed E-state index contributed by atoms with van der Waals surface area (Å²) in [6, 6.07) is 18.5. The number of aromatic amines is 1. The second kappa shape index (κ2) is 5.29. The minimum atomic E-state index is 0.138. The largest absolute Gasteiger partial charge is 0.396 e. The Labute approximate surface area is 112 Å². The van der Waals surface area contributed by atoms with E-state index in [2.05, 4.69) is 29.2 Å². The summed E-state index contributed by atoms with van der Waals surface area (Å²) in [6.07, 6.45) is 2.88. The van der Waals surface area contributed by atoms with Crippen LogP contribution in [0.1, 0.15) is 17.0 Å². The van der Waals surface area contributed by atoms with Crippen molar-refractivity contribution in [3.8, 4) is 0 Å². The summed E-state index contributed by atoms with van der Waals surface area (Å²) < 4.78 is 0. The first kappa shape index (κ1) is 12.0. The molecule has 3 rings (SSSR count). The van der Waals surface area contributed by atoms with Crippen molar-refractivity contribution in [3.05, 3.63) is 71.9 Å². The van der Waals surface area contributed by atoms with Crippen LogP contribution in [0.2, 0.25) is 0 Å². The molecule has 0 radical (unpaired) electrons. The molecule has 0 aliphatic rings. The normalized spacial score (nSPS) is 12.7. The van der Waals surface area contributed by atoms with Crippen LogP contribution in [0.25, 0.3) is 10.9 Å². The monoisotopic (exact) mass is 251 g/mol. The minimum Gasteiger partial charge on any atom is -0.396 e. The average Bonchev–Trinajstić information content (AvgIpc) is 2.90. The van der Waals surface area contributed by atoms with Crippen molar-refractivity contribution >= 4 is 10.9 Å². The van der Waals surface area contributed by atoms with Crippen molar-refractivity contribution in [1.29, 1.82) is 0 Å². The summed E-state index contributed by atoms with van der Waals surface area (Å²) in [5.74, 6) is 0.138. The van der Waals surface area contributed by atoms with Crippen molar-refractivity contribution in [2.24, 2.45) is 0 Å². The number of H-pyrrole nitrogens is 1. The summed E-state index contributed by atoms with van der Waals surface area (Å²) in [6.45, 7) is 0.163. The molecule has 0 aliphatic heterocycles. The van der Waals surface area contributed by atoms with E-state index in [0.717, 1.165) is 11.9 Å². The van der Waals surface area contributed by atoms with E-state index in [9.17, 15) is 5.11 Å². The third-order valence-corrected chi connectivity index (χ3v) is 3.61. The van der Waals surface area contributed by atoms with E-state index in [1.807, 2.05) is 36.5 Å². The van der Waals surface area contributed by atoms with E-state index in [1.165, 1.54) is 16.5 Å². The van der Waals surface area contributed by atoms with Gasteiger partial charge in [0, 0.05) is 23.0 Å². The fourth-order valence-corrected chi connectivity index (χ4v) is 2.60. The summed E-state index contributed by atoms with van der Waals surface area (Å²) in [4.78, 5) is 3.28. The molecule has 0 bridgehead atoms. The highest BCUT2D eigenvalue weighted by atomic mass is 16.3. The fourth-order valence-electron chi connectivity index (χ4n) is 2.60. The van der Waals surface area contributed by atoms with E-state index in [0.29, 0.717) is 0 Å². The zero-order valence-electron chi connectivity index (χ0n) is 10.7. The molecule has 0 fully saturated rings. The molecular weight excluding hydrogens is 234 g/mol. The smallest absolute Gasteiger partial charge is 0.0503 e. The lowest BCUT2D eigenvalue weighted by atomic mass is 9.92. The summed E-state index contributed by atoms with van der Waals surface area (Å²) in [7, 11) is 0. The molecule has 0 amide bonds. The predicted octanol–water partition coefficient (Wildman–Crippen LogP) is 3.49. The maximum absolute atomic E-state index is 9.70. The molecule has 2 heteroatoms. The molecule has 1 atom stereocenters. The van der Waals surface area contributed by atoms with Crippen LogP contribution in [0.5, 0.6) is 0 Å². The van der Waals surface area contributed by atoms with Crippen molar-refractivity contribution < 1.29 is 5.11 Å². The number of para-hydroxylation sites is 1. The number of benzene rings is 2. The van der Waals surface area contributed by atoms with Crippen molar-refractivity contribution in [2.45, 2.75) is 12.3 Å². The van der Waals surface area contributed by atoms with Gasteiger partial charge in [0.25, 0.3) is 0 Å². The van der Waals surface area contributed by atoms with Crippen LogP contribution in [0.3, 0.4) is 0 Å². The molecule has 1 unspecified atom stereocenters. The predicted molar refractivity (Wildman–Crippen MR) is 78.3 cm³/mol. The third-order valence-electron chi connectivity index (χ3n) is 3.61. The number of fused-ring (bicyclic) bond motifs is 1. The van der Waals surface area contributed by atoms with Gasteiger partial charge >= 0.3 is 0 Å². The van der Waals surface area contributed by atoms with E-state index in [4.69, 9.17) is 0 Å². The summed E-state index contributed by atoms with van der Waals surface area (Å²) >= 11 is 0. The molecule has 0 saturated carbocycles. The van der Waals surface area contributed by atoms with Gasteiger partial charge in [-0.1, -0.05) is 48.5 Å². The van der Waals surface area contributed by atoms with Gasteiger partial charge in [0.2, 0.25) is 0 Å². The van der Waals surface area contributed by atoms with Crippen molar-refractivity contribution in [1.82, 2.24) is 4.98 Å². The number of hydrogen-bond acceptors (Lipinski definition) is 1. The van der Waals surface area contributed by atoms with E-state index >= 15 is 0 Å². The van der Waals surface area contributed by atoms with Gasteiger partial charge < -0.3 is 10.1 Å². The van der Waals surface area contributed by atoms with E-state index < -0.39 is 0 Å². The Bertz CT molecular complexity index is 657. The Morgan fingerprint density at radius 2 is 1.68 bits per heavy atom. The van der Waals surface area contributed by atoms with Crippen LogP contribution in [-0.4, -0.2) is 16.7 Å². The van der Waals surface area contributed by atoms with E-state index in [1.54, 1.807) is 0 Å². The zero-order valence-corrected chi connectivity index (χ0v) is 10.7. The van der Waals surface area contributed by atoms with Crippen LogP contribution < -0.4 is 0 Å². The van der Waals surface area contributed by atoms with Crippen LogP contribution in [-0.2, 0) is 6.42 Å². The van der Waals surface area contributed by atoms with Gasteiger partial charge in [0.15, 0.2) is 0 Å². The number of aliphatic hydroxyl groups is 1. The molecule has 19 heavy (non-hydrogen) atoms. The maximum atomic E-state index is 9.70. The Kier molecular flexibility index (Phi) is 3.34. The molecule has 2 aromatic carbocycles. The Morgan fingerprint density at radius 1 is 0.947 bits per heavy atom. The Morgan fingerprint density at radius 3 is 2.47 bits per heavy atom. The standard InChI is InChI=1S/C17H17NO/c19-12-14(10-13-6-2-1-3-7-13)16-11-18-17-9-5-4-8-15(16)17/h1-9,11,14,18-19H,10,12H2. The van der Waals surface area contributed by atoms with Crippen LogP contribution >= 0.6 is 0 Å². The third kappa shape index (κ3) is 2.40. The highest BCUT2D eigenvalue weighted by Gasteiger charge is 2.15. The number of hydrogen-bond donors (Lipinski definition) is 2. The number of aromatic nitrogens is 1. The van der Waals surface area contributed by atoms with Crippen molar-refractivity contribution in [3.63, 3.8) is 0 Å². The van der Waals surface area contributed by atoms with Gasteiger partial charge in [0.1, 0.15) is 0 Å². The molecule has 1 aromatic heterocycles. The van der Waals surface area contributed by atoms with Gasteiger partial charge in [-0.2, -0.15) is 0 Å². The van der Waals surface area contributed by atoms with Crippen LogP contribution in [0.15, 0.2) is 60.8 Å². The highest BCUT2D eigenvalue weighted by Crippen LogP contribution is 2.27. The lowest BCUT2D eigenvalue weighted by molar-refractivity contribution is 0.265. The number of aliphatic hydroxyl groups excluding tert-OH is 1. The van der Waals surface area contributed by atoms with E-state index in [-0.39, 0.29) is 12.5 Å². The molecule has 2 N–H and O–H groups in total. The first-order chi connectivity index (χ1) is 9.38. The maximum Gasteiger partial charge on any atom is 0.0503 e. The first-order valence-electron chi connectivity index (χ1n) is 6.59. The van der Waals surface area contributed by atoms with Crippen molar-refractivity contribution in [2.75, 3.05) is 6.61 Å². The molecule has 0 saturated heterocycles. The van der Waals surface area contributed by atoms with Crippen LogP contribution in [0.4, 0.5) is 0 Å². The topological polar surface area (TPSA) is 36.0 Å². The molecule has 3 aromatic rings. The van der Waals surface area contributed by atoms with Gasteiger partial charge in [-0.05, 0) is 23.6 Å². The minimum absolute atomic E-state index is 0.138. The number of nitrogens with one attached hydrogen (secondary N) is 1. The summed E-state index contributed by atoms with van der Waals surface area (Å²) in [5.41, 5.74) is 3.58. The SMILES string of the molecule is OCC(Cc1ccccc1)c1c[nH]c2ccccc12. The fraction of sp³-hybridized carbons (Fsp3) is 0.176. The molecule has 96 valence electrons. The highest BCUT2D eigenvalue weighted by molar-refractivity contribution is 5.83. The zero-order chi connectivity index (χ0) is 13.1. The molecule has 1 heterocycles. The average molecular weight is 251 g/mol. The van der Waals surface area contributed by atoms with Gasteiger partial charge in [-0.25, -0.2) is 0 Å². The lowest BCUT2D eigenvalue weighted by Gasteiger charge is -2.13. The Hall–Kier alpha value is -2.06. The van der Waals surface area contributed by atoms with Gasteiger partial charge in [0.05, 0.1) is 6.61 Å². The quantitative estimate of drug-likeness (QED) is 0.731. The van der Waals surface area contributed by atoms with Gasteiger partial charge in [-0.3, -0.25) is 0 Å². The summed E-state index contributed by atoms with van der Waals surface area (Å²) in [5, 5.41) is 10.9.